The van der Waals surface area contributed by atoms with E-state index in [1.807, 2.05) is 49.4 Å². The number of imidazole rings is 1. The number of anilines is 2. The van der Waals surface area contributed by atoms with Crippen LogP contribution in [0.1, 0.15) is 24.6 Å². The van der Waals surface area contributed by atoms with E-state index in [0.717, 1.165) is 11.3 Å². The Morgan fingerprint density at radius 1 is 1.00 bits per heavy atom. The molecule has 0 atom stereocenters. The van der Waals surface area contributed by atoms with Crippen molar-refractivity contribution in [2.24, 2.45) is 5.41 Å². The first-order valence-corrected chi connectivity index (χ1v) is 13.8. The predicted molar refractivity (Wildman–Crippen MR) is 158 cm³/mol. The number of aromatic amines is 1. The number of benzene rings is 2. The Labute approximate surface area is 247 Å². The predicted octanol–water partition coefficient (Wildman–Crippen LogP) is 5.22. The lowest BCUT2D eigenvalue weighted by molar-refractivity contribution is -0.232. The molecule has 0 aliphatic carbocycles. The topological polar surface area (TPSA) is 127 Å². The van der Waals surface area contributed by atoms with Crippen LogP contribution in [-0.2, 0) is 20.7 Å². The molecule has 0 spiro atoms. The molecule has 0 radical (unpaired) electrons. The Morgan fingerprint density at radius 3 is 2.53 bits per heavy atom. The molecule has 2 aromatic carbocycles. The molecule has 218 valence electrons. The second-order valence-corrected chi connectivity index (χ2v) is 10.7. The van der Waals surface area contributed by atoms with Gasteiger partial charge in [0.1, 0.15) is 5.82 Å². The van der Waals surface area contributed by atoms with Crippen LogP contribution in [-0.4, -0.2) is 50.6 Å². The summed E-state index contributed by atoms with van der Waals surface area (Å²) >= 11 is 0. The van der Waals surface area contributed by atoms with Gasteiger partial charge in [0.05, 0.1) is 48.6 Å². The normalized spacial score (nSPS) is 18.2. The smallest absolute Gasteiger partial charge is 0.227 e. The van der Waals surface area contributed by atoms with Crippen LogP contribution in [0.15, 0.2) is 91.4 Å². The van der Waals surface area contributed by atoms with E-state index in [0.29, 0.717) is 60.6 Å². The van der Waals surface area contributed by atoms with Crippen molar-refractivity contribution in [3.63, 3.8) is 0 Å². The van der Waals surface area contributed by atoms with Crippen molar-refractivity contribution in [2.75, 3.05) is 25.1 Å². The number of H-pyrrole nitrogens is 1. The fourth-order valence-corrected chi connectivity index (χ4v) is 4.69. The maximum atomic E-state index is 13.7. The zero-order valence-corrected chi connectivity index (χ0v) is 23.5. The number of pyridine rings is 1. The maximum Gasteiger partial charge on any atom is 0.227 e. The number of carbonyl (C=O) groups is 1. The van der Waals surface area contributed by atoms with E-state index < -0.39 is 11.7 Å². The second-order valence-electron chi connectivity index (χ2n) is 10.7. The average molecular weight is 580 g/mol. The summed E-state index contributed by atoms with van der Waals surface area (Å²) in [6, 6.07) is 21.1. The molecule has 10 nitrogen and oxygen atoms in total. The standard InChI is InChI=1S/C32H30FN7O3/c1-32(18-36-26(41)16-21-6-3-2-4-7-21)19-42-30(43-20-32)29-39-27(22-9-11-23(33)12-10-22)28(40-29)25-13-15-35-31(38-25)37-24-8-5-14-34-17-24/h2-15,17,30H,16,18-20H2,1H3,(H,36,41)(H,39,40)(H,35,37,38). The number of hydrogen-bond donors (Lipinski definition) is 3. The lowest BCUT2D eigenvalue weighted by Crippen LogP contribution is -2.45. The Balaban J connectivity index is 1.18. The Hall–Kier alpha value is -5.00. The van der Waals surface area contributed by atoms with Crippen molar-refractivity contribution in [1.82, 2.24) is 30.2 Å². The molecule has 6 rings (SSSR count). The van der Waals surface area contributed by atoms with Gasteiger partial charge >= 0.3 is 0 Å². The highest BCUT2D eigenvalue weighted by molar-refractivity contribution is 5.78. The van der Waals surface area contributed by atoms with Crippen LogP contribution in [0, 0.1) is 11.2 Å². The minimum Gasteiger partial charge on any atom is -0.355 e. The van der Waals surface area contributed by atoms with Gasteiger partial charge in [0.2, 0.25) is 18.1 Å². The summed E-state index contributed by atoms with van der Waals surface area (Å²) in [6.45, 7) is 3.10. The number of nitrogens with one attached hydrogen (secondary N) is 3. The van der Waals surface area contributed by atoms with Crippen LogP contribution in [0.25, 0.3) is 22.6 Å². The molecule has 0 saturated carbocycles. The van der Waals surface area contributed by atoms with Gasteiger partial charge in [-0.15, -0.1) is 0 Å². The third-order valence-corrected chi connectivity index (χ3v) is 6.98. The number of rotatable bonds is 9. The molecular formula is C32H30FN7O3. The Bertz CT molecular complexity index is 1670. The summed E-state index contributed by atoms with van der Waals surface area (Å²) < 4.78 is 26.0. The molecule has 1 saturated heterocycles. The molecule has 5 aromatic rings. The summed E-state index contributed by atoms with van der Waals surface area (Å²) in [5.41, 5.74) is 3.71. The Kier molecular flexibility index (Phi) is 8.16. The van der Waals surface area contributed by atoms with Crippen LogP contribution in [0.3, 0.4) is 0 Å². The highest BCUT2D eigenvalue weighted by Crippen LogP contribution is 2.35. The van der Waals surface area contributed by atoms with E-state index in [9.17, 15) is 9.18 Å². The molecule has 1 amide bonds. The molecule has 0 bridgehead atoms. The number of ether oxygens (including phenoxy) is 2. The van der Waals surface area contributed by atoms with Gasteiger partial charge in [-0.3, -0.25) is 9.78 Å². The van der Waals surface area contributed by atoms with Crippen LogP contribution in [0.2, 0.25) is 0 Å². The van der Waals surface area contributed by atoms with Crippen molar-refractivity contribution in [3.05, 3.63) is 109 Å². The molecule has 1 fully saturated rings. The number of nitrogens with zero attached hydrogens (tertiary/aromatic N) is 4. The number of aromatic nitrogens is 5. The second kappa shape index (κ2) is 12.5. The van der Waals surface area contributed by atoms with Gasteiger partial charge in [-0.05, 0) is 48.0 Å². The SMILES string of the molecule is CC1(CNC(=O)Cc2ccccc2)COC(c2nc(-c3ccc(F)cc3)c(-c3ccnc(Nc4cccnc4)n3)[nH]2)OC1. The van der Waals surface area contributed by atoms with Gasteiger partial charge in [-0.1, -0.05) is 37.3 Å². The van der Waals surface area contributed by atoms with Crippen molar-refractivity contribution >= 4 is 17.5 Å². The molecule has 43 heavy (non-hydrogen) atoms. The molecule has 11 heteroatoms. The molecule has 4 heterocycles. The van der Waals surface area contributed by atoms with Gasteiger partial charge in [-0.25, -0.2) is 19.3 Å². The fourth-order valence-electron chi connectivity index (χ4n) is 4.69. The van der Waals surface area contributed by atoms with Gasteiger partial charge < -0.3 is 25.1 Å². The summed E-state index contributed by atoms with van der Waals surface area (Å²) in [4.78, 5) is 33.7. The summed E-state index contributed by atoms with van der Waals surface area (Å²) in [5.74, 6) is 0.420. The van der Waals surface area contributed by atoms with Gasteiger partial charge in [0, 0.05) is 29.9 Å². The monoisotopic (exact) mass is 579 g/mol. The molecule has 3 N–H and O–H groups in total. The van der Waals surface area contributed by atoms with Gasteiger partial charge in [-0.2, -0.15) is 0 Å². The maximum absolute atomic E-state index is 13.7. The third kappa shape index (κ3) is 6.91. The van der Waals surface area contributed by atoms with E-state index in [2.05, 4.69) is 30.6 Å². The van der Waals surface area contributed by atoms with Crippen molar-refractivity contribution in [2.45, 2.75) is 19.6 Å². The largest absolute Gasteiger partial charge is 0.355 e. The highest BCUT2D eigenvalue weighted by atomic mass is 19.1. The van der Waals surface area contributed by atoms with E-state index in [-0.39, 0.29) is 11.7 Å². The van der Waals surface area contributed by atoms with E-state index in [1.54, 1.807) is 36.8 Å². The van der Waals surface area contributed by atoms with Crippen molar-refractivity contribution in [3.8, 4) is 22.6 Å². The first-order valence-electron chi connectivity index (χ1n) is 13.8. The first kappa shape index (κ1) is 28.1. The van der Waals surface area contributed by atoms with E-state index in [4.69, 9.17) is 14.5 Å². The number of hydrogen-bond acceptors (Lipinski definition) is 8. The lowest BCUT2D eigenvalue weighted by atomic mass is 9.92. The average Bonchev–Trinajstić information content (AvgIpc) is 3.48. The van der Waals surface area contributed by atoms with Crippen LogP contribution in [0.5, 0.6) is 0 Å². The summed E-state index contributed by atoms with van der Waals surface area (Å²) in [5, 5.41) is 6.15. The number of carbonyl (C=O) groups excluding carboxylic acids is 1. The quantitative estimate of drug-likeness (QED) is 0.217. The van der Waals surface area contributed by atoms with E-state index in [1.165, 1.54) is 12.1 Å². The number of halogens is 1. The summed E-state index contributed by atoms with van der Waals surface area (Å²) in [7, 11) is 0. The zero-order chi connectivity index (χ0) is 29.6. The highest BCUT2D eigenvalue weighted by Gasteiger charge is 2.35. The van der Waals surface area contributed by atoms with Crippen molar-refractivity contribution in [1.29, 1.82) is 0 Å². The first-order chi connectivity index (χ1) is 20.9. The minimum atomic E-state index is -0.768. The molecule has 3 aromatic heterocycles. The van der Waals surface area contributed by atoms with Gasteiger partial charge in [0.25, 0.3) is 0 Å². The number of amides is 1. The third-order valence-electron chi connectivity index (χ3n) is 6.98. The van der Waals surface area contributed by atoms with Crippen LogP contribution < -0.4 is 10.6 Å². The fraction of sp³-hybridized carbons (Fsp3) is 0.219. The van der Waals surface area contributed by atoms with Gasteiger partial charge in [0.15, 0.2) is 5.82 Å². The van der Waals surface area contributed by atoms with Crippen LogP contribution >= 0.6 is 0 Å². The van der Waals surface area contributed by atoms with Crippen molar-refractivity contribution < 1.29 is 18.7 Å². The zero-order valence-electron chi connectivity index (χ0n) is 23.5. The van der Waals surface area contributed by atoms with Crippen LogP contribution in [0.4, 0.5) is 16.0 Å². The summed E-state index contributed by atoms with van der Waals surface area (Å²) in [6.07, 6.45) is 4.54. The minimum absolute atomic E-state index is 0.0589. The molecule has 1 aliphatic heterocycles. The molecule has 0 unspecified atom stereocenters. The Morgan fingerprint density at radius 2 is 1.79 bits per heavy atom. The molecule has 1 aliphatic rings. The van der Waals surface area contributed by atoms with E-state index >= 15 is 0 Å². The molecular weight excluding hydrogens is 549 g/mol. The lowest BCUT2D eigenvalue weighted by Gasteiger charge is -2.36.